The third-order valence-corrected chi connectivity index (χ3v) is 2.95. The molecule has 6 heteroatoms. The molecule has 0 amide bonds. The summed E-state index contributed by atoms with van der Waals surface area (Å²) in [6.07, 6.45) is 1.59. The van der Waals surface area contributed by atoms with E-state index < -0.39 is 0 Å². The number of halogens is 2. The molecule has 1 aromatic carbocycles. The number of hydrogen-bond donors (Lipinski definition) is 1. The van der Waals surface area contributed by atoms with E-state index in [2.05, 4.69) is 31.2 Å². The van der Waals surface area contributed by atoms with E-state index in [-0.39, 0.29) is 5.82 Å². The maximum Gasteiger partial charge on any atom is 0.238 e. The molecule has 0 aliphatic heterocycles. The number of nitrogens with zero attached hydrogens (tertiary/aromatic N) is 2. The predicted molar refractivity (Wildman–Crippen MR) is 75.1 cm³/mol. The minimum atomic E-state index is -0.311. The first-order valence-electron chi connectivity index (χ1n) is 5.80. The topological polar surface area (TPSA) is 47.0 Å². The molecule has 1 N–H and O–H groups in total. The first-order valence-corrected chi connectivity index (χ1v) is 6.60. The lowest BCUT2D eigenvalue weighted by molar-refractivity contribution is 0.453. The number of rotatable bonds is 4. The molecule has 0 fully saturated rings. The van der Waals surface area contributed by atoms with Gasteiger partial charge in [0.25, 0.3) is 0 Å². The average Bonchev–Trinajstić information content (AvgIpc) is 2.38. The van der Waals surface area contributed by atoms with Crippen LogP contribution in [0.4, 0.5) is 10.3 Å². The highest BCUT2D eigenvalue weighted by molar-refractivity contribution is 9.10. The van der Waals surface area contributed by atoms with E-state index in [1.807, 2.05) is 6.92 Å². The van der Waals surface area contributed by atoms with Crippen molar-refractivity contribution in [2.24, 2.45) is 0 Å². The van der Waals surface area contributed by atoms with Crippen molar-refractivity contribution in [3.8, 4) is 11.6 Å². The lowest BCUT2D eigenvalue weighted by Gasteiger charge is -2.09. The minimum Gasteiger partial charge on any atom is -0.438 e. The first kappa shape index (κ1) is 13.7. The second kappa shape index (κ2) is 5.97. The summed E-state index contributed by atoms with van der Waals surface area (Å²) in [7, 11) is 0. The Hall–Kier alpha value is -1.69. The Morgan fingerprint density at radius 1 is 1.42 bits per heavy atom. The van der Waals surface area contributed by atoms with Crippen molar-refractivity contribution in [2.75, 3.05) is 11.9 Å². The molecule has 0 unspecified atom stereocenters. The number of ether oxygens (including phenoxy) is 1. The van der Waals surface area contributed by atoms with Crippen molar-refractivity contribution >= 4 is 21.9 Å². The summed E-state index contributed by atoms with van der Waals surface area (Å²) < 4.78 is 19.6. The van der Waals surface area contributed by atoms with Crippen LogP contribution in [0.15, 0.2) is 28.9 Å². The summed E-state index contributed by atoms with van der Waals surface area (Å²) in [5.74, 6) is 0.891. The molecule has 0 spiro atoms. The van der Waals surface area contributed by atoms with Crippen molar-refractivity contribution in [2.45, 2.75) is 13.8 Å². The molecule has 0 radical (unpaired) electrons. The Morgan fingerprint density at radius 2 is 2.21 bits per heavy atom. The lowest BCUT2D eigenvalue weighted by Crippen LogP contribution is -2.03. The van der Waals surface area contributed by atoms with Crippen molar-refractivity contribution < 1.29 is 9.13 Å². The van der Waals surface area contributed by atoms with Gasteiger partial charge in [0.05, 0.1) is 10.7 Å². The molecule has 100 valence electrons. The predicted octanol–water partition coefficient (Wildman–Crippen LogP) is 3.91. The second-order valence-electron chi connectivity index (χ2n) is 3.89. The average molecular weight is 326 g/mol. The number of hydrogen-bond acceptors (Lipinski definition) is 4. The van der Waals surface area contributed by atoms with Crippen LogP contribution < -0.4 is 10.1 Å². The van der Waals surface area contributed by atoms with Crippen molar-refractivity contribution in [1.29, 1.82) is 0 Å². The zero-order chi connectivity index (χ0) is 13.8. The van der Waals surface area contributed by atoms with Gasteiger partial charge >= 0.3 is 0 Å². The van der Waals surface area contributed by atoms with Crippen LogP contribution in [-0.4, -0.2) is 16.5 Å². The molecule has 0 atom stereocenters. The van der Waals surface area contributed by atoms with Gasteiger partial charge < -0.3 is 10.1 Å². The summed E-state index contributed by atoms with van der Waals surface area (Å²) in [5, 5.41) is 2.98. The van der Waals surface area contributed by atoms with Crippen molar-refractivity contribution in [3.05, 3.63) is 40.2 Å². The number of nitrogens with one attached hydrogen (secondary N) is 1. The van der Waals surface area contributed by atoms with Gasteiger partial charge in [-0.3, -0.25) is 0 Å². The molecule has 2 aromatic rings. The summed E-state index contributed by atoms with van der Waals surface area (Å²) in [6.45, 7) is 4.35. The molecule has 19 heavy (non-hydrogen) atoms. The van der Waals surface area contributed by atoms with Gasteiger partial charge in [-0.05, 0) is 41.4 Å². The standard InChI is InChI=1S/C13H13BrFN3O/c1-3-16-13-17-7-10(14)12(18-13)19-9-5-4-8(2)11(15)6-9/h4-7H,3H2,1-2H3,(H,16,17,18). The molecule has 0 aliphatic rings. The Morgan fingerprint density at radius 3 is 2.89 bits per heavy atom. The second-order valence-corrected chi connectivity index (χ2v) is 4.74. The summed E-state index contributed by atoms with van der Waals surface area (Å²) in [6, 6.07) is 4.68. The summed E-state index contributed by atoms with van der Waals surface area (Å²) in [5.41, 5.74) is 0.572. The van der Waals surface area contributed by atoms with Crippen LogP contribution in [0.25, 0.3) is 0 Å². The van der Waals surface area contributed by atoms with Gasteiger partial charge in [0.1, 0.15) is 11.6 Å². The van der Waals surface area contributed by atoms with Crippen LogP contribution in [0.2, 0.25) is 0 Å². The van der Waals surface area contributed by atoms with Crippen LogP contribution in [0.1, 0.15) is 12.5 Å². The molecule has 0 aliphatic carbocycles. The smallest absolute Gasteiger partial charge is 0.238 e. The van der Waals surface area contributed by atoms with Gasteiger partial charge in [-0.25, -0.2) is 9.37 Å². The van der Waals surface area contributed by atoms with Crippen LogP contribution in [0.3, 0.4) is 0 Å². The highest BCUT2D eigenvalue weighted by Gasteiger charge is 2.08. The molecule has 1 heterocycles. The largest absolute Gasteiger partial charge is 0.438 e. The van der Waals surface area contributed by atoms with E-state index in [9.17, 15) is 4.39 Å². The molecule has 4 nitrogen and oxygen atoms in total. The Kier molecular flexibility index (Phi) is 4.31. The SMILES string of the molecule is CCNc1ncc(Br)c(Oc2ccc(C)c(F)c2)n1. The van der Waals surface area contributed by atoms with Crippen LogP contribution in [-0.2, 0) is 0 Å². The van der Waals surface area contributed by atoms with Crippen molar-refractivity contribution in [3.63, 3.8) is 0 Å². The molecule has 2 rings (SSSR count). The maximum absolute atomic E-state index is 13.4. The number of benzene rings is 1. The Labute approximate surface area is 119 Å². The maximum atomic E-state index is 13.4. The molecular weight excluding hydrogens is 313 g/mol. The van der Waals surface area contributed by atoms with E-state index in [1.54, 1.807) is 25.3 Å². The van der Waals surface area contributed by atoms with E-state index in [4.69, 9.17) is 4.74 Å². The number of aryl methyl sites for hydroxylation is 1. The highest BCUT2D eigenvalue weighted by Crippen LogP contribution is 2.28. The monoisotopic (exact) mass is 325 g/mol. The van der Waals surface area contributed by atoms with Gasteiger partial charge in [-0.2, -0.15) is 4.98 Å². The Balaban J connectivity index is 2.26. The third-order valence-electron chi connectivity index (χ3n) is 2.40. The van der Waals surface area contributed by atoms with E-state index >= 15 is 0 Å². The van der Waals surface area contributed by atoms with E-state index in [1.165, 1.54) is 6.07 Å². The summed E-state index contributed by atoms with van der Waals surface area (Å²) in [4.78, 5) is 8.27. The van der Waals surface area contributed by atoms with Gasteiger partial charge in [0.2, 0.25) is 11.8 Å². The molecule has 0 bridgehead atoms. The fourth-order valence-corrected chi connectivity index (χ4v) is 1.69. The molecule has 0 saturated carbocycles. The van der Waals surface area contributed by atoms with Gasteiger partial charge in [0.15, 0.2) is 0 Å². The molecule has 1 aromatic heterocycles. The van der Waals surface area contributed by atoms with Crippen LogP contribution in [0.5, 0.6) is 11.6 Å². The minimum absolute atomic E-state index is 0.311. The zero-order valence-corrected chi connectivity index (χ0v) is 12.2. The van der Waals surface area contributed by atoms with E-state index in [0.29, 0.717) is 34.2 Å². The first-order chi connectivity index (χ1) is 9.10. The zero-order valence-electron chi connectivity index (χ0n) is 10.6. The number of aromatic nitrogens is 2. The fraction of sp³-hybridized carbons (Fsp3) is 0.231. The van der Waals surface area contributed by atoms with Gasteiger partial charge in [-0.1, -0.05) is 6.07 Å². The highest BCUT2D eigenvalue weighted by atomic mass is 79.9. The fourth-order valence-electron chi connectivity index (χ4n) is 1.42. The lowest BCUT2D eigenvalue weighted by atomic mass is 10.2. The molecule has 0 saturated heterocycles. The quantitative estimate of drug-likeness (QED) is 0.925. The van der Waals surface area contributed by atoms with Crippen LogP contribution >= 0.6 is 15.9 Å². The Bertz CT molecular complexity index is 592. The summed E-state index contributed by atoms with van der Waals surface area (Å²) >= 11 is 3.30. The van der Waals surface area contributed by atoms with Gasteiger partial charge in [0, 0.05) is 12.6 Å². The van der Waals surface area contributed by atoms with Gasteiger partial charge in [-0.15, -0.1) is 0 Å². The molecular formula is C13H13BrFN3O. The number of anilines is 1. The normalized spacial score (nSPS) is 10.3. The van der Waals surface area contributed by atoms with Crippen LogP contribution in [0, 0.1) is 12.7 Å². The van der Waals surface area contributed by atoms with E-state index in [0.717, 1.165) is 0 Å². The van der Waals surface area contributed by atoms with Crippen molar-refractivity contribution in [1.82, 2.24) is 9.97 Å². The third kappa shape index (κ3) is 3.41.